The average molecular weight is 332 g/mol. The second-order valence-corrected chi connectivity index (χ2v) is 4.50. The van der Waals surface area contributed by atoms with Gasteiger partial charge in [-0.05, 0) is 17.7 Å². The smallest absolute Gasteiger partial charge is 0.267 e. The van der Waals surface area contributed by atoms with E-state index >= 15 is 0 Å². The van der Waals surface area contributed by atoms with Crippen LogP contribution in [0.2, 0.25) is 0 Å². The zero-order chi connectivity index (χ0) is 17.7. The lowest BCUT2D eigenvalue weighted by Gasteiger charge is -2.01. The molecule has 2 rings (SSSR count). The van der Waals surface area contributed by atoms with Crippen molar-refractivity contribution < 1.29 is 19.0 Å². The topological polar surface area (TPSA) is 128 Å². The molecule has 122 valence electrons. The van der Waals surface area contributed by atoms with Gasteiger partial charge in [0.05, 0.1) is 27.7 Å². The largest absolute Gasteiger partial charge is 0.277 e. The summed E-state index contributed by atoms with van der Waals surface area (Å²) in [7, 11) is 0. The highest BCUT2D eigenvalue weighted by atomic mass is 19.1. The van der Waals surface area contributed by atoms with Gasteiger partial charge in [-0.2, -0.15) is 5.10 Å². The van der Waals surface area contributed by atoms with Gasteiger partial charge in [0.25, 0.3) is 17.3 Å². The highest BCUT2D eigenvalue weighted by molar-refractivity contribution is 5.96. The lowest BCUT2D eigenvalue weighted by molar-refractivity contribution is -0.394. The number of nitro benzene ring substituents is 2. The van der Waals surface area contributed by atoms with Crippen molar-refractivity contribution in [2.75, 3.05) is 0 Å². The number of benzene rings is 2. The van der Waals surface area contributed by atoms with Crippen LogP contribution in [0.3, 0.4) is 0 Å². The van der Waals surface area contributed by atoms with Crippen LogP contribution in [0.15, 0.2) is 47.6 Å². The van der Waals surface area contributed by atoms with Crippen LogP contribution < -0.4 is 5.43 Å². The van der Waals surface area contributed by atoms with Gasteiger partial charge in [0.15, 0.2) is 0 Å². The van der Waals surface area contributed by atoms with E-state index in [1.54, 1.807) is 0 Å². The van der Waals surface area contributed by atoms with Crippen LogP contribution in [-0.2, 0) is 0 Å². The van der Waals surface area contributed by atoms with Crippen LogP contribution in [0.25, 0.3) is 0 Å². The highest BCUT2D eigenvalue weighted by Gasteiger charge is 2.19. The van der Waals surface area contributed by atoms with Crippen molar-refractivity contribution in [1.82, 2.24) is 5.43 Å². The molecule has 0 aliphatic heterocycles. The first-order valence-electron chi connectivity index (χ1n) is 6.39. The van der Waals surface area contributed by atoms with E-state index in [-0.39, 0.29) is 5.56 Å². The van der Waals surface area contributed by atoms with Crippen molar-refractivity contribution >= 4 is 23.5 Å². The molecular formula is C14H9FN4O5. The summed E-state index contributed by atoms with van der Waals surface area (Å²) in [6, 6.07) is 7.79. The number of nitrogens with one attached hydrogen (secondary N) is 1. The molecule has 1 amide bonds. The minimum Gasteiger partial charge on any atom is -0.267 e. The third-order valence-corrected chi connectivity index (χ3v) is 2.84. The van der Waals surface area contributed by atoms with Gasteiger partial charge in [-0.25, -0.2) is 9.82 Å². The molecule has 0 aliphatic carbocycles. The molecule has 0 fully saturated rings. The van der Waals surface area contributed by atoms with Gasteiger partial charge in [0.2, 0.25) is 0 Å². The van der Waals surface area contributed by atoms with Gasteiger partial charge in [-0.3, -0.25) is 25.0 Å². The SMILES string of the molecule is O=C(NN=Cc1ccc(F)cc1)c1cc([N+](=O)[O-])cc([N+](=O)[O-])c1. The number of hydrazone groups is 1. The Hall–Kier alpha value is -3.69. The summed E-state index contributed by atoms with van der Waals surface area (Å²) in [6.07, 6.45) is 1.23. The number of nitro groups is 2. The van der Waals surface area contributed by atoms with E-state index in [9.17, 15) is 29.4 Å². The van der Waals surface area contributed by atoms with Gasteiger partial charge in [0, 0.05) is 12.1 Å². The molecule has 2 aromatic carbocycles. The predicted octanol–water partition coefficient (Wildman–Crippen LogP) is 2.41. The quantitative estimate of drug-likeness (QED) is 0.511. The van der Waals surface area contributed by atoms with Crippen LogP contribution >= 0.6 is 0 Å². The van der Waals surface area contributed by atoms with Gasteiger partial charge < -0.3 is 0 Å². The summed E-state index contributed by atoms with van der Waals surface area (Å²) in [6.45, 7) is 0. The molecule has 10 heteroatoms. The average Bonchev–Trinajstić information content (AvgIpc) is 2.56. The fourth-order valence-corrected chi connectivity index (χ4v) is 1.72. The Morgan fingerprint density at radius 2 is 1.58 bits per heavy atom. The van der Waals surface area contributed by atoms with Crippen molar-refractivity contribution in [3.05, 3.63) is 79.6 Å². The molecule has 0 aromatic heterocycles. The Bertz CT molecular complexity index is 803. The zero-order valence-corrected chi connectivity index (χ0v) is 11.9. The molecule has 24 heavy (non-hydrogen) atoms. The molecule has 0 aliphatic rings. The maximum Gasteiger partial charge on any atom is 0.277 e. The molecule has 0 radical (unpaired) electrons. The predicted molar refractivity (Wildman–Crippen MR) is 81.2 cm³/mol. The van der Waals surface area contributed by atoms with Crippen LogP contribution in [0.4, 0.5) is 15.8 Å². The summed E-state index contributed by atoms with van der Waals surface area (Å²) in [5, 5.41) is 25.1. The summed E-state index contributed by atoms with van der Waals surface area (Å²) in [4.78, 5) is 31.8. The van der Waals surface area contributed by atoms with Crippen molar-refractivity contribution in [1.29, 1.82) is 0 Å². The number of hydrogen-bond donors (Lipinski definition) is 1. The maximum atomic E-state index is 12.7. The first-order chi connectivity index (χ1) is 11.4. The maximum absolute atomic E-state index is 12.7. The van der Waals surface area contributed by atoms with Crippen LogP contribution in [0.1, 0.15) is 15.9 Å². The monoisotopic (exact) mass is 332 g/mol. The lowest BCUT2D eigenvalue weighted by Crippen LogP contribution is -2.18. The summed E-state index contributed by atoms with van der Waals surface area (Å²) in [5.41, 5.74) is 1.13. The van der Waals surface area contributed by atoms with Crippen LogP contribution in [0, 0.1) is 26.0 Å². The third-order valence-electron chi connectivity index (χ3n) is 2.84. The number of amides is 1. The zero-order valence-electron chi connectivity index (χ0n) is 11.9. The van der Waals surface area contributed by atoms with Crippen molar-refractivity contribution in [3.63, 3.8) is 0 Å². The minimum absolute atomic E-state index is 0.285. The molecule has 1 N–H and O–H groups in total. The second-order valence-electron chi connectivity index (χ2n) is 4.50. The number of non-ortho nitro benzene ring substituents is 2. The molecule has 2 aromatic rings. The molecule has 0 bridgehead atoms. The fourth-order valence-electron chi connectivity index (χ4n) is 1.72. The number of rotatable bonds is 5. The molecule has 0 saturated carbocycles. The Labute approximate surface area is 133 Å². The van der Waals surface area contributed by atoms with Crippen molar-refractivity contribution in [3.8, 4) is 0 Å². The normalized spacial score (nSPS) is 10.5. The fraction of sp³-hybridized carbons (Fsp3) is 0. The van der Waals surface area contributed by atoms with E-state index in [4.69, 9.17) is 0 Å². The second kappa shape index (κ2) is 7.05. The Balaban J connectivity index is 2.18. The number of nitrogens with zero attached hydrogens (tertiary/aromatic N) is 3. The van der Waals surface area contributed by atoms with Gasteiger partial charge in [-0.1, -0.05) is 12.1 Å². The number of carbonyl (C=O) groups excluding carboxylic acids is 1. The summed E-state index contributed by atoms with van der Waals surface area (Å²) < 4.78 is 12.7. The van der Waals surface area contributed by atoms with E-state index in [1.165, 1.54) is 30.5 Å². The van der Waals surface area contributed by atoms with E-state index in [0.717, 1.165) is 18.2 Å². The van der Waals surface area contributed by atoms with E-state index in [0.29, 0.717) is 5.56 Å². The Kier molecular flexibility index (Phi) is 4.90. The molecule has 9 nitrogen and oxygen atoms in total. The first-order valence-corrected chi connectivity index (χ1v) is 6.39. The molecule has 0 unspecified atom stereocenters. The summed E-state index contributed by atoms with van der Waals surface area (Å²) >= 11 is 0. The van der Waals surface area contributed by atoms with Crippen molar-refractivity contribution in [2.24, 2.45) is 5.10 Å². The molecule has 0 atom stereocenters. The molecule has 0 saturated heterocycles. The number of hydrogen-bond acceptors (Lipinski definition) is 6. The van der Waals surface area contributed by atoms with Gasteiger partial charge in [0.1, 0.15) is 5.82 Å². The number of carbonyl (C=O) groups is 1. The van der Waals surface area contributed by atoms with Crippen molar-refractivity contribution in [2.45, 2.75) is 0 Å². The standard InChI is InChI=1S/C14H9FN4O5/c15-11-3-1-9(2-4-11)8-16-17-14(20)10-5-12(18(21)22)7-13(6-10)19(23)24/h1-8H,(H,17,20). The van der Waals surface area contributed by atoms with E-state index in [1.807, 2.05) is 0 Å². The Morgan fingerprint density at radius 1 is 1.04 bits per heavy atom. The summed E-state index contributed by atoms with van der Waals surface area (Å²) in [5.74, 6) is -1.29. The Morgan fingerprint density at radius 3 is 2.08 bits per heavy atom. The lowest BCUT2D eigenvalue weighted by atomic mass is 10.1. The molecule has 0 heterocycles. The molecule has 0 spiro atoms. The minimum atomic E-state index is -0.861. The molecular weight excluding hydrogens is 323 g/mol. The van der Waals surface area contributed by atoms with Gasteiger partial charge in [-0.15, -0.1) is 0 Å². The highest BCUT2D eigenvalue weighted by Crippen LogP contribution is 2.22. The van der Waals surface area contributed by atoms with Crippen LogP contribution in [0.5, 0.6) is 0 Å². The van der Waals surface area contributed by atoms with Crippen LogP contribution in [-0.4, -0.2) is 22.0 Å². The van der Waals surface area contributed by atoms with E-state index < -0.39 is 32.9 Å². The van der Waals surface area contributed by atoms with E-state index in [2.05, 4.69) is 10.5 Å². The number of halogens is 1. The van der Waals surface area contributed by atoms with Gasteiger partial charge >= 0.3 is 0 Å². The first kappa shape index (κ1) is 16.7. The third kappa shape index (κ3) is 4.16.